The van der Waals surface area contributed by atoms with Gasteiger partial charge in [0.25, 0.3) is 5.91 Å². The molecule has 0 bridgehead atoms. The largest absolute Gasteiger partial charge is 0.390 e. The number of hydroxylamine groups is 1. The third-order valence-electron chi connectivity index (χ3n) is 6.28. The number of hydrogen-bond acceptors (Lipinski definition) is 7. The summed E-state index contributed by atoms with van der Waals surface area (Å²) in [5.41, 5.74) is 8.67. The van der Waals surface area contributed by atoms with Gasteiger partial charge in [-0.05, 0) is 35.6 Å². The van der Waals surface area contributed by atoms with Crippen molar-refractivity contribution in [3.05, 3.63) is 90.1 Å². The normalized spacial score (nSPS) is 13.6. The van der Waals surface area contributed by atoms with Crippen molar-refractivity contribution < 1.29 is 19.9 Å². The van der Waals surface area contributed by atoms with Crippen LogP contribution in [-0.2, 0) is 22.6 Å². The molecule has 3 atom stereocenters. The van der Waals surface area contributed by atoms with Gasteiger partial charge in [0.15, 0.2) is 0 Å². The monoisotopic (exact) mass is 553 g/mol. The van der Waals surface area contributed by atoms with E-state index in [1.807, 2.05) is 86.6 Å². The quantitative estimate of drug-likeness (QED) is 0.153. The van der Waals surface area contributed by atoms with Gasteiger partial charge < -0.3 is 15.6 Å². The van der Waals surface area contributed by atoms with E-state index in [1.54, 1.807) is 11.2 Å². The lowest BCUT2D eigenvalue weighted by atomic mass is 10.0. The second-order valence-electron chi connectivity index (χ2n) is 9.68. The summed E-state index contributed by atoms with van der Waals surface area (Å²) in [5, 5.41) is 25.1. The summed E-state index contributed by atoms with van der Waals surface area (Å²) in [6.45, 7) is 3.91. The summed E-state index contributed by atoms with van der Waals surface area (Å²) in [6.07, 6.45) is 1.06. The Bertz CT molecular complexity index is 1170. The number of aromatic nitrogens is 1. The van der Waals surface area contributed by atoms with Crippen LogP contribution in [0.2, 0.25) is 0 Å². The second kappa shape index (κ2) is 15.3. The molecule has 3 unspecified atom stereocenters. The fourth-order valence-corrected chi connectivity index (χ4v) is 4.22. The third kappa shape index (κ3) is 9.42. The lowest BCUT2D eigenvalue weighted by molar-refractivity contribution is -0.133. The lowest BCUT2D eigenvalue weighted by Gasteiger charge is -2.31. The number of hydrogen-bond donors (Lipinski definition) is 5. The van der Waals surface area contributed by atoms with E-state index < -0.39 is 30.0 Å². The molecule has 0 saturated heterocycles. The van der Waals surface area contributed by atoms with Gasteiger partial charge in [-0.3, -0.25) is 20.0 Å². The van der Waals surface area contributed by atoms with E-state index in [1.165, 1.54) is 0 Å². The molecular formula is C29H36ClN5O4. The molecule has 1 aromatic heterocycles. The van der Waals surface area contributed by atoms with Crippen molar-refractivity contribution in [2.75, 3.05) is 12.4 Å². The zero-order valence-electron chi connectivity index (χ0n) is 22.1. The van der Waals surface area contributed by atoms with Crippen LogP contribution in [0.5, 0.6) is 0 Å². The molecule has 2 amide bonds. The maximum Gasteiger partial charge on any atom is 0.257 e. The van der Waals surface area contributed by atoms with Crippen molar-refractivity contribution in [2.24, 2.45) is 5.92 Å². The number of halogens is 1. The van der Waals surface area contributed by atoms with E-state index in [0.29, 0.717) is 6.42 Å². The highest BCUT2D eigenvalue weighted by atomic mass is 35.5. The number of benzene rings is 2. The van der Waals surface area contributed by atoms with Crippen molar-refractivity contribution in [3.63, 3.8) is 0 Å². The van der Waals surface area contributed by atoms with Gasteiger partial charge in [-0.1, -0.05) is 74.5 Å². The lowest BCUT2D eigenvalue weighted by Crippen LogP contribution is -2.57. The SMILES string of the molecule is CC(C)C(NC(=O)CCl)C(=O)NN(Cc1ccc(-c2ccccn2)cc1)CC(O)C(Cc1ccccc1)NO. The first-order valence-corrected chi connectivity index (χ1v) is 13.4. The molecule has 0 aliphatic heterocycles. The molecule has 39 heavy (non-hydrogen) atoms. The van der Waals surface area contributed by atoms with Crippen molar-refractivity contribution in [2.45, 2.75) is 45.0 Å². The van der Waals surface area contributed by atoms with Crippen LogP contribution in [0.1, 0.15) is 25.0 Å². The highest BCUT2D eigenvalue weighted by Crippen LogP contribution is 2.18. The molecule has 0 aliphatic carbocycles. The summed E-state index contributed by atoms with van der Waals surface area (Å²) in [6, 6.07) is 21.4. The van der Waals surface area contributed by atoms with Gasteiger partial charge in [0, 0.05) is 24.8 Å². The Labute approximate surface area is 234 Å². The van der Waals surface area contributed by atoms with Crippen molar-refractivity contribution in [1.29, 1.82) is 0 Å². The van der Waals surface area contributed by atoms with Crippen LogP contribution in [0.25, 0.3) is 11.3 Å². The van der Waals surface area contributed by atoms with Crippen molar-refractivity contribution in [3.8, 4) is 11.3 Å². The molecule has 208 valence electrons. The van der Waals surface area contributed by atoms with E-state index in [9.17, 15) is 19.9 Å². The van der Waals surface area contributed by atoms with Gasteiger partial charge in [0.1, 0.15) is 11.9 Å². The van der Waals surface area contributed by atoms with Crippen LogP contribution in [0.3, 0.4) is 0 Å². The molecule has 0 spiro atoms. The van der Waals surface area contributed by atoms with Gasteiger partial charge in [-0.25, -0.2) is 5.01 Å². The van der Waals surface area contributed by atoms with Crippen molar-refractivity contribution in [1.82, 2.24) is 26.2 Å². The molecule has 2 aromatic carbocycles. The van der Waals surface area contributed by atoms with Crippen LogP contribution in [0, 0.1) is 5.92 Å². The summed E-state index contributed by atoms with van der Waals surface area (Å²) in [5.74, 6) is -1.34. The maximum atomic E-state index is 13.2. The van der Waals surface area contributed by atoms with E-state index in [0.717, 1.165) is 22.4 Å². The summed E-state index contributed by atoms with van der Waals surface area (Å²) in [7, 11) is 0. The summed E-state index contributed by atoms with van der Waals surface area (Å²) < 4.78 is 0. The predicted molar refractivity (Wildman–Crippen MR) is 151 cm³/mol. The average molecular weight is 554 g/mol. The number of aliphatic hydroxyl groups is 1. The van der Waals surface area contributed by atoms with Crippen molar-refractivity contribution >= 4 is 23.4 Å². The summed E-state index contributed by atoms with van der Waals surface area (Å²) >= 11 is 5.64. The number of pyridine rings is 1. The third-order valence-corrected chi connectivity index (χ3v) is 6.52. The number of rotatable bonds is 14. The number of alkyl halides is 1. The van der Waals surface area contributed by atoms with E-state index in [-0.39, 0.29) is 24.9 Å². The molecule has 0 aliphatic rings. The predicted octanol–water partition coefficient (Wildman–Crippen LogP) is 2.91. The number of carbonyl (C=O) groups excluding carboxylic acids is 2. The van der Waals surface area contributed by atoms with Gasteiger partial charge in [0.05, 0.1) is 17.8 Å². The van der Waals surface area contributed by atoms with Gasteiger partial charge in [0.2, 0.25) is 5.91 Å². The van der Waals surface area contributed by atoms with Crippen LogP contribution >= 0.6 is 11.6 Å². The minimum atomic E-state index is -1.04. The number of carbonyl (C=O) groups is 2. The van der Waals surface area contributed by atoms with Gasteiger partial charge in [-0.15, -0.1) is 11.6 Å². The Balaban J connectivity index is 1.78. The molecule has 0 fully saturated rings. The highest BCUT2D eigenvalue weighted by molar-refractivity contribution is 6.27. The molecular weight excluding hydrogens is 518 g/mol. The number of nitrogens with zero attached hydrogens (tertiary/aromatic N) is 2. The Morgan fingerprint density at radius 1 is 0.974 bits per heavy atom. The number of aliphatic hydroxyl groups excluding tert-OH is 1. The summed E-state index contributed by atoms with van der Waals surface area (Å²) in [4.78, 5) is 29.5. The zero-order valence-corrected chi connectivity index (χ0v) is 22.9. The fraction of sp³-hybridized carbons (Fsp3) is 0.345. The number of hydrazine groups is 1. The molecule has 10 heteroatoms. The number of amides is 2. The van der Waals surface area contributed by atoms with Crippen LogP contribution in [-0.4, -0.2) is 62.7 Å². The minimum absolute atomic E-state index is 0.00700. The molecule has 0 saturated carbocycles. The van der Waals surface area contributed by atoms with Crippen LogP contribution in [0.15, 0.2) is 79.0 Å². The highest BCUT2D eigenvalue weighted by Gasteiger charge is 2.28. The molecule has 3 rings (SSSR count). The van der Waals surface area contributed by atoms with E-state index in [4.69, 9.17) is 11.6 Å². The zero-order chi connectivity index (χ0) is 28.2. The van der Waals surface area contributed by atoms with Crippen LogP contribution < -0.4 is 16.2 Å². The van der Waals surface area contributed by atoms with Gasteiger partial charge >= 0.3 is 0 Å². The molecule has 9 nitrogen and oxygen atoms in total. The maximum absolute atomic E-state index is 13.2. The molecule has 5 N–H and O–H groups in total. The Hall–Kier alpha value is -3.34. The first-order valence-electron chi connectivity index (χ1n) is 12.8. The van der Waals surface area contributed by atoms with E-state index in [2.05, 4.69) is 21.2 Å². The first kappa shape index (κ1) is 30.2. The average Bonchev–Trinajstić information content (AvgIpc) is 2.95. The topological polar surface area (TPSA) is 127 Å². The molecule has 0 radical (unpaired) electrons. The van der Waals surface area contributed by atoms with Gasteiger partial charge in [-0.2, -0.15) is 5.48 Å². The minimum Gasteiger partial charge on any atom is -0.390 e. The first-order chi connectivity index (χ1) is 18.8. The molecule has 1 heterocycles. The molecule has 3 aromatic rings. The fourth-order valence-electron chi connectivity index (χ4n) is 4.15. The number of nitrogens with one attached hydrogen (secondary N) is 3. The Kier molecular flexibility index (Phi) is 11.9. The second-order valence-corrected chi connectivity index (χ2v) is 9.95. The Morgan fingerprint density at radius 2 is 1.67 bits per heavy atom. The van der Waals surface area contributed by atoms with Crippen LogP contribution in [0.4, 0.5) is 0 Å². The van der Waals surface area contributed by atoms with E-state index >= 15 is 0 Å². The Morgan fingerprint density at radius 3 is 2.26 bits per heavy atom. The standard InChI is InChI=1S/C29H36ClN5O4/c1-20(2)28(32-27(37)17-30)29(38)33-35(19-26(36)25(34-39)16-21-8-4-3-5-9-21)18-22-11-13-23(14-12-22)24-10-6-7-15-31-24/h3-15,20,25-26,28,34,36,39H,16-19H2,1-2H3,(H,32,37)(H,33,38). The smallest absolute Gasteiger partial charge is 0.257 e.